The first-order chi connectivity index (χ1) is 22.8. The van der Waals surface area contributed by atoms with Crippen molar-refractivity contribution in [3.05, 3.63) is 88.9 Å². The molecule has 2 saturated heterocycles. The molecule has 3 aromatic carbocycles. The number of anilines is 2. The third-order valence-corrected chi connectivity index (χ3v) is 9.07. The number of benzene rings is 3. The number of piperazine rings is 1. The number of rotatable bonds is 13. The van der Waals surface area contributed by atoms with Gasteiger partial charge in [-0.25, -0.2) is 4.79 Å². The summed E-state index contributed by atoms with van der Waals surface area (Å²) in [5, 5.41) is 3.54. The summed E-state index contributed by atoms with van der Waals surface area (Å²) in [6.45, 7) is 8.25. The summed E-state index contributed by atoms with van der Waals surface area (Å²) < 4.78 is 10.3. The predicted molar refractivity (Wildman–Crippen MR) is 187 cm³/mol. The number of carbonyl (C=O) groups is 3. The molecule has 0 spiro atoms. The maximum Gasteiger partial charge on any atom is 0.338 e. The van der Waals surface area contributed by atoms with Crippen LogP contribution >= 0.6 is 23.8 Å². The molecule has 2 heterocycles. The van der Waals surface area contributed by atoms with Crippen molar-refractivity contribution in [2.75, 3.05) is 63.2 Å². The van der Waals surface area contributed by atoms with Gasteiger partial charge in [0.15, 0.2) is 5.11 Å². The Morgan fingerprint density at radius 3 is 2.32 bits per heavy atom. The molecule has 248 valence electrons. The van der Waals surface area contributed by atoms with E-state index >= 15 is 0 Å². The zero-order chi connectivity index (χ0) is 33.3. The third kappa shape index (κ3) is 8.66. The summed E-state index contributed by atoms with van der Waals surface area (Å²) in [6.07, 6.45) is 0.675. The lowest BCUT2D eigenvalue weighted by Crippen LogP contribution is -2.47. The van der Waals surface area contributed by atoms with E-state index in [1.54, 1.807) is 49.4 Å². The van der Waals surface area contributed by atoms with Gasteiger partial charge in [-0.2, -0.15) is 0 Å². The van der Waals surface area contributed by atoms with Crippen LogP contribution in [0.3, 0.4) is 0 Å². The number of nitrogens with one attached hydrogen (secondary N) is 1. The van der Waals surface area contributed by atoms with Crippen LogP contribution in [-0.2, 0) is 20.9 Å². The Hall–Kier alpha value is -4.03. The van der Waals surface area contributed by atoms with E-state index in [4.69, 9.17) is 33.3 Å². The molecule has 0 aromatic heterocycles. The Labute approximate surface area is 286 Å². The van der Waals surface area contributed by atoms with Crippen molar-refractivity contribution in [3.63, 3.8) is 0 Å². The molecule has 5 rings (SSSR count). The van der Waals surface area contributed by atoms with E-state index in [1.807, 2.05) is 11.0 Å². The molecule has 47 heavy (non-hydrogen) atoms. The van der Waals surface area contributed by atoms with Crippen LogP contribution in [-0.4, -0.2) is 96.6 Å². The second-order valence-electron chi connectivity index (χ2n) is 11.5. The molecule has 2 aliphatic rings. The zero-order valence-electron chi connectivity index (χ0n) is 26.7. The second kappa shape index (κ2) is 16.2. The summed E-state index contributed by atoms with van der Waals surface area (Å²) in [6, 6.07) is 21.2. The minimum atomic E-state index is -0.787. The fraction of sp³-hybridized carbons (Fsp3) is 0.371. The SMILES string of the molecule is CCOC(=O)c1ccc(NC(=O)C[C@H]2C(=O)N(c3ccc(OC)c(Cl)c3)C(=S)N2CCCN2CCN(Cc3ccccc3)CC2)cc1. The molecule has 2 amide bonds. The topological polar surface area (TPSA) is 94.7 Å². The van der Waals surface area contributed by atoms with Crippen molar-refractivity contribution >= 4 is 58.1 Å². The van der Waals surface area contributed by atoms with E-state index in [9.17, 15) is 14.4 Å². The van der Waals surface area contributed by atoms with E-state index in [0.29, 0.717) is 39.4 Å². The van der Waals surface area contributed by atoms with Gasteiger partial charge in [0.25, 0.3) is 5.91 Å². The average Bonchev–Trinajstić information content (AvgIpc) is 3.30. The Morgan fingerprint density at radius 1 is 0.957 bits per heavy atom. The number of methoxy groups -OCH3 is 1. The maximum absolute atomic E-state index is 13.9. The van der Waals surface area contributed by atoms with Crippen LogP contribution in [0.25, 0.3) is 0 Å². The molecule has 0 bridgehead atoms. The van der Waals surface area contributed by atoms with Gasteiger partial charge in [0, 0.05) is 45.0 Å². The highest BCUT2D eigenvalue weighted by Gasteiger charge is 2.44. The fourth-order valence-electron chi connectivity index (χ4n) is 5.89. The number of hydrogen-bond donors (Lipinski definition) is 1. The molecule has 2 fully saturated rings. The summed E-state index contributed by atoms with van der Waals surface area (Å²) in [7, 11) is 1.52. The van der Waals surface area contributed by atoms with Gasteiger partial charge in [-0.05, 0) is 80.1 Å². The first-order valence-corrected chi connectivity index (χ1v) is 16.6. The van der Waals surface area contributed by atoms with Crippen LogP contribution in [0.15, 0.2) is 72.8 Å². The molecule has 0 unspecified atom stereocenters. The molecule has 10 nitrogen and oxygen atoms in total. The van der Waals surface area contributed by atoms with Gasteiger partial charge in [-0.1, -0.05) is 41.9 Å². The summed E-state index contributed by atoms with van der Waals surface area (Å²) >= 11 is 12.3. The molecule has 0 saturated carbocycles. The van der Waals surface area contributed by atoms with Gasteiger partial charge in [0.1, 0.15) is 11.8 Å². The number of esters is 1. The van der Waals surface area contributed by atoms with Crippen LogP contribution in [0, 0.1) is 0 Å². The first-order valence-electron chi connectivity index (χ1n) is 15.8. The van der Waals surface area contributed by atoms with E-state index in [2.05, 4.69) is 39.4 Å². The number of thiocarbonyl (C=S) groups is 1. The molecule has 2 aliphatic heterocycles. The van der Waals surface area contributed by atoms with Crippen molar-refractivity contribution in [2.24, 2.45) is 0 Å². The summed E-state index contributed by atoms with van der Waals surface area (Å²) in [4.78, 5) is 47.4. The van der Waals surface area contributed by atoms with Crippen molar-refractivity contribution in [2.45, 2.75) is 32.4 Å². The lowest BCUT2D eigenvalue weighted by molar-refractivity contribution is -0.124. The Morgan fingerprint density at radius 2 is 1.66 bits per heavy atom. The van der Waals surface area contributed by atoms with E-state index in [1.165, 1.54) is 17.6 Å². The number of hydrogen-bond acceptors (Lipinski definition) is 8. The van der Waals surface area contributed by atoms with Crippen molar-refractivity contribution in [1.82, 2.24) is 14.7 Å². The van der Waals surface area contributed by atoms with Crippen LogP contribution < -0.4 is 15.0 Å². The van der Waals surface area contributed by atoms with Crippen LogP contribution in [0.2, 0.25) is 5.02 Å². The van der Waals surface area contributed by atoms with Gasteiger partial charge < -0.3 is 24.6 Å². The number of nitrogens with zero attached hydrogens (tertiary/aromatic N) is 4. The number of halogens is 1. The molecule has 3 aromatic rings. The molecule has 1 N–H and O–H groups in total. The molecular weight excluding hydrogens is 638 g/mol. The van der Waals surface area contributed by atoms with Crippen molar-refractivity contribution in [1.29, 1.82) is 0 Å². The second-order valence-corrected chi connectivity index (χ2v) is 12.3. The van der Waals surface area contributed by atoms with Crippen molar-refractivity contribution < 1.29 is 23.9 Å². The minimum absolute atomic E-state index is 0.100. The van der Waals surface area contributed by atoms with Crippen LogP contribution in [0.4, 0.5) is 11.4 Å². The van der Waals surface area contributed by atoms with Gasteiger partial charge in [-0.15, -0.1) is 0 Å². The molecule has 1 atom stereocenters. The summed E-state index contributed by atoms with van der Waals surface area (Å²) in [5.74, 6) is -0.583. The number of ether oxygens (including phenoxy) is 2. The predicted octanol–water partition coefficient (Wildman–Crippen LogP) is 5.06. The minimum Gasteiger partial charge on any atom is -0.495 e. The highest BCUT2D eigenvalue weighted by atomic mass is 35.5. The number of carbonyl (C=O) groups excluding carboxylic acids is 3. The summed E-state index contributed by atoms with van der Waals surface area (Å²) in [5.41, 5.74) is 2.73. The molecular formula is C35H40ClN5O5S. The van der Waals surface area contributed by atoms with Gasteiger partial charge in [-0.3, -0.25) is 19.4 Å². The van der Waals surface area contributed by atoms with Crippen LogP contribution in [0.1, 0.15) is 35.7 Å². The molecule has 0 radical (unpaired) electrons. The van der Waals surface area contributed by atoms with E-state index < -0.39 is 12.0 Å². The van der Waals surface area contributed by atoms with Gasteiger partial charge >= 0.3 is 5.97 Å². The average molecular weight is 678 g/mol. The first kappa shape index (κ1) is 34.3. The lowest BCUT2D eigenvalue weighted by atomic mass is 10.1. The zero-order valence-corrected chi connectivity index (χ0v) is 28.3. The van der Waals surface area contributed by atoms with Crippen LogP contribution in [0.5, 0.6) is 5.75 Å². The van der Waals surface area contributed by atoms with E-state index in [0.717, 1.165) is 45.7 Å². The highest BCUT2D eigenvalue weighted by Crippen LogP contribution is 2.33. The van der Waals surface area contributed by atoms with Crippen molar-refractivity contribution in [3.8, 4) is 5.75 Å². The molecule has 0 aliphatic carbocycles. The normalized spacial score (nSPS) is 17.2. The Balaban J connectivity index is 1.23. The standard InChI is InChI=1S/C35H40ClN5O5S/c1-3-46-34(44)26-10-12-27(13-11-26)37-32(42)23-30-33(43)41(28-14-15-31(45-2)29(36)22-28)35(47)40(30)17-7-16-38-18-20-39(21-19-38)24-25-8-5-4-6-9-25/h4-6,8-15,22,30H,3,7,16-21,23-24H2,1-2H3,(H,37,42)/t30-/m0/s1. The highest BCUT2D eigenvalue weighted by molar-refractivity contribution is 7.80. The smallest absolute Gasteiger partial charge is 0.338 e. The largest absolute Gasteiger partial charge is 0.495 e. The molecule has 12 heteroatoms. The lowest BCUT2D eigenvalue weighted by Gasteiger charge is -2.35. The Bertz CT molecular complexity index is 1570. The van der Waals surface area contributed by atoms with E-state index in [-0.39, 0.29) is 24.8 Å². The number of amides is 2. The van der Waals surface area contributed by atoms with Gasteiger partial charge in [0.05, 0.1) is 36.4 Å². The third-order valence-electron chi connectivity index (χ3n) is 8.36. The quantitative estimate of drug-likeness (QED) is 0.197. The maximum atomic E-state index is 13.9. The van der Waals surface area contributed by atoms with Gasteiger partial charge in [0.2, 0.25) is 5.91 Å². The Kier molecular flexibility index (Phi) is 11.8. The fourth-order valence-corrected chi connectivity index (χ4v) is 6.55. The monoisotopic (exact) mass is 677 g/mol.